The molecule has 1 aromatic carbocycles. The van der Waals surface area contributed by atoms with E-state index in [1.54, 1.807) is 24.3 Å². The Labute approximate surface area is 110 Å². The van der Waals surface area contributed by atoms with E-state index in [9.17, 15) is 14.7 Å². The van der Waals surface area contributed by atoms with Crippen molar-refractivity contribution in [1.82, 2.24) is 0 Å². The van der Waals surface area contributed by atoms with E-state index in [-0.39, 0.29) is 18.1 Å². The van der Waals surface area contributed by atoms with Gasteiger partial charge in [0, 0.05) is 24.4 Å². The number of carbonyl (C=O) groups is 2. The summed E-state index contributed by atoms with van der Waals surface area (Å²) in [6, 6.07) is 6.94. The van der Waals surface area contributed by atoms with Crippen LogP contribution >= 0.6 is 11.6 Å². The molecule has 96 valence electrons. The highest BCUT2D eigenvalue weighted by Gasteiger charge is 2.49. The lowest BCUT2D eigenvalue weighted by Gasteiger charge is -2.21. The second-order valence-electron chi connectivity index (χ2n) is 4.40. The fraction of sp³-hybridized carbons (Fsp3) is 0.385. The number of para-hydroxylation sites is 1. The van der Waals surface area contributed by atoms with Gasteiger partial charge in [0.1, 0.15) is 5.78 Å². The maximum Gasteiger partial charge on any atom is 0.264 e. The Morgan fingerprint density at radius 3 is 2.72 bits per heavy atom. The monoisotopic (exact) mass is 267 g/mol. The molecule has 1 amide bonds. The summed E-state index contributed by atoms with van der Waals surface area (Å²) < 4.78 is 0. The molecule has 5 heteroatoms. The first-order valence-electron chi connectivity index (χ1n) is 5.70. The third-order valence-electron chi connectivity index (χ3n) is 3.05. The van der Waals surface area contributed by atoms with Crippen LogP contribution in [0.15, 0.2) is 24.3 Å². The number of benzene rings is 1. The van der Waals surface area contributed by atoms with Gasteiger partial charge in [-0.25, -0.2) is 0 Å². The highest BCUT2D eigenvalue weighted by molar-refractivity contribution is 6.19. The predicted molar refractivity (Wildman–Crippen MR) is 68.7 cm³/mol. The van der Waals surface area contributed by atoms with Gasteiger partial charge in [-0.3, -0.25) is 9.59 Å². The number of hydrogen-bond acceptors (Lipinski definition) is 3. The first-order chi connectivity index (χ1) is 8.50. The molecule has 1 aromatic rings. The van der Waals surface area contributed by atoms with Gasteiger partial charge in [0.15, 0.2) is 5.60 Å². The average Bonchev–Trinajstić information content (AvgIpc) is 2.52. The lowest BCUT2D eigenvalue weighted by molar-refractivity contribution is -0.141. The van der Waals surface area contributed by atoms with E-state index in [1.807, 2.05) is 0 Å². The molecular formula is C13H14ClNO3. The summed E-state index contributed by atoms with van der Waals surface area (Å²) in [5, 5.41) is 10.5. The summed E-state index contributed by atoms with van der Waals surface area (Å²) in [5.74, 6) is -0.427. The van der Waals surface area contributed by atoms with Gasteiger partial charge in [0.2, 0.25) is 0 Å². The van der Waals surface area contributed by atoms with Gasteiger partial charge < -0.3 is 10.0 Å². The van der Waals surface area contributed by atoms with Crippen LogP contribution in [0.5, 0.6) is 0 Å². The Hall–Kier alpha value is -1.39. The molecule has 18 heavy (non-hydrogen) atoms. The van der Waals surface area contributed by atoms with Gasteiger partial charge >= 0.3 is 0 Å². The van der Waals surface area contributed by atoms with E-state index in [0.29, 0.717) is 17.8 Å². The zero-order valence-corrected chi connectivity index (χ0v) is 10.8. The normalized spacial score (nSPS) is 22.2. The molecule has 2 rings (SSSR count). The van der Waals surface area contributed by atoms with Gasteiger partial charge in [-0.1, -0.05) is 18.2 Å². The molecule has 1 aliphatic heterocycles. The molecule has 1 N–H and O–H groups in total. The molecule has 4 nitrogen and oxygen atoms in total. The summed E-state index contributed by atoms with van der Waals surface area (Å²) in [5.41, 5.74) is -0.628. The number of halogens is 1. The number of ketones is 1. The predicted octanol–water partition coefficient (Wildman–Crippen LogP) is 1.44. The quantitative estimate of drug-likeness (QED) is 0.840. The largest absolute Gasteiger partial charge is 0.375 e. The fourth-order valence-corrected chi connectivity index (χ4v) is 2.51. The van der Waals surface area contributed by atoms with Crippen molar-refractivity contribution in [2.45, 2.75) is 18.9 Å². The van der Waals surface area contributed by atoms with E-state index in [1.165, 1.54) is 11.8 Å². The molecule has 0 radical (unpaired) electrons. The second-order valence-corrected chi connectivity index (χ2v) is 4.78. The van der Waals surface area contributed by atoms with Crippen molar-refractivity contribution in [1.29, 1.82) is 0 Å². The summed E-state index contributed by atoms with van der Waals surface area (Å²) >= 11 is 5.67. The van der Waals surface area contributed by atoms with Crippen molar-refractivity contribution < 1.29 is 14.7 Å². The third kappa shape index (κ3) is 1.91. The van der Waals surface area contributed by atoms with Crippen molar-refractivity contribution in [3.05, 3.63) is 29.8 Å². The third-order valence-corrected chi connectivity index (χ3v) is 3.22. The molecule has 1 atom stereocenters. The Balaban J connectivity index is 2.50. The van der Waals surface area contributed by atoms with Gasteiger partial charge in [-0.2, -0.15) is 0 Å². The summed E-state index contributed by atoms with van der Waals surface area (Å²) in [6.07, 6.45) is -0.207. The van der Waals surface area contributed by atoms with Crippen molar-refractivity contribution in [3.8, 4) is 0 Å². The lowest BCUT2D eigenvalue weighted by Crippen LogP contribution is -2.42. The smallest absolute Gasteiger partial charge is 0.264 e. The van der Waals surface area contributed by atoms with Crippen LogP contribution in [0.4, 0.5) is 5.69 Å². The Morgan fingerprint density at radius 1 is 1.44 bits per heavy atom. The fourth-order valence-electron chi connectivity index (χ4n) is 2.34. The van der Waals surface area contributed by atoms with E-state index in [0.717, 1.165) is 0 Å². The number of fused-ring (bicyclic) bond motifs is 1. The summed E-state index contributed by atoms with van der Waals surface area (Å²) in [4.78, 5) is 25.0. The van der Waals surface area contributed by atoms with E-state index in [4.69, 9.17) is 11.6 Å². The van der Waals surface area contributed by atoms with Crippen molar-refractivity contribution >= 4 is 29.0 Å². The first kappa shape index (κ1) is 13.1. The average molecular weight is 268 g/mol. The van der Waals surface area contributed by atoms with Crippen LogP contribution in [0.1, 0.15) is 18.9 Å². The molecule has 0 saturated heterocycles. The molecular weight excluding hydrogens is 254 g/mol. The summed E-state index contributed by atoms with van der Waals surface area (Å²) in [7, 11) is 0. The van der Waals surface area contributed by atoms with Gasteiger partial charge in [-0.05, 0) is 13.0 Å². The molecule has 0 saturated carbocycles. The van der Waals surface area contributed by atoms with Gasteiger partial charge in [0.05, 0.1) is 5.69 Å². The number of aliphatic hydroxyl groups is 1. The number of nitrogens with zero attached hydrogens (tertiary/aromatic N) is 1. The van der Waals surface area contributed by atoms with Crippen molar-refractivity contribution in [2.75, 3.05) is 17.3 Å². The van der Waals surface area contributed by atoms with E-state index < -0.39 is 11.5 Å². The first-order valence-corrected chi connectivity index (χ1v) is 6.23. The minimum Gasteiger partial charge on any atom is -0.375 e. The Bertz CT molecular complexity index is 503. The van der Waals surface area contributed by atoms with Crippen LogP contribution in [0.25, 0.3) is 0 Å². The van der Waals surface area contributed by atoms with E-state index >= 15 is 0 Å². The molecule has 0 unspecified atom stereocenters. The molecule has 0 aromatic heterocycles. The highest BCUT2D eigenvalue weighted by atomic mass is 35.5. The molecule has 0 aliphatic carbocycles. The minimum absolute atomic E-state index is 0.207. The Morgan fingerprint density at radius 2 is 2.11 bits per heavy atom. The van der Waals surface area contributed by atoms with Crippen LogP contribution in [0, 0.1) is 0 Å². The minimum atomic E-state index is -1.74. The molecule has 1 heterocycles. The maximum atomic E-state index is 12.3. The number of anilines is 1. The maximum absolute atomic E-state index is 12.3. The zero-order valence-electron chi connectivity index (χ0n) is 10.0. The summed E-state index contributed by atoms with van der Waals surface area (Å²) in [6.45, 7) is 1.68. The molecule has 0 fully saturated rings. The van der Waals surface area contributed by atoms with Crippen molar-refractivity contribution in [2.24, 2.45) is 0 Å². The number of hydrogen-bond donors (Lipinski definition) is 1. The number of carbonyl (C=O) groups excluding carboxylic acids is 2. The van der Waals surface area contributed by atoms with Gasteiger partial charge in [-0.15, -0.1) is 11.6 Å². The number of amides is 1. The number of alkyl halides is 1. The zero-order chi connectivity index (χ0) is 13.3. The van der Waals surface area contributed by atoms with Crippen LogP contribution in [-0.2, 0) is 15.2 Å². The second kappa shape index (κ2) is 4.71. The van der Waals surface area contributed by atoms with Crippen LogP contribution < -0.4 is 4.90 Å². The lowest BCUT2D eigenvalue weighted by atomic mass is 9.90. The Kier molecular flexibility index (Phi) is 3.41. The SMILES string of the molecule is CC(=O)C[C@]1(O)C(=O)N(CCCl)c2ccccc21. The van der Waals surface area contributed by atoms with Gasteiger partial charge in [0.25, 0.3) is 5.91 Å². The topological polar surface area (TPSA) is 57.6 Å². The van der Waals surface area contributed by atoms with E-state index in [2.05, 4.69) is 0 Å². The highest BCUT2D eigenvalue weighted by Crippen LogP contribution is 2.42. The van der Waals surface area contributed by atoms with Crippen molar-refractivity contribution in [3.63, 3.8) is 0 Å². The van der Waals surface area contributed by atoms with Crippen LogP contribution in [0.2, 0.25) is 0 Å². The van der Waals surface area contributed by atoms with Crippen LogP contribution in [-0.4, -0.2) is 29.2 Å². The molecule has 1 aliphatic rings. The van der Waals surface area contributed by atoms with Crippen LogP contribution in [0.3, 0.4) is 0 Å². The standard InChI is InChI=1S/C13H14ClNO3/c1-9(16)8-13(18)10-4-2-3-5-11(10)15(7-6-14)12(13)17/h2-5,18H,6-8H2,1H3/t13-/m1/s1. The molecule has 0 bridgehead atoms. The molecule has 0 spiro atoms. The number of Topliss-reactive ketones (excluding diaryl/α,β-unsaturated/α-hetero) is 1. The number of rotatable bonds is 4.